The summed E-state index contributed by atoms with van der Waals surface area (Å²) in [5, 5.41) is -0.0572. The summed E-state index contributed by atoms with van der Waals surface area (Å²) in [4.78, 5) is 3.76. The summed E-state index contributed by atoms with van der Waals surface area (Å²) >= 11 is 3.27. The number of nitrogen functional groups attached to an aromatic ring is 1. The van der Waals surface area contributed by atoms with E-state index in [2.05, 4.69) is 25.6 Å². The largest absolute Gasteiger partial charge is 0.381 e. The van der Waals surface area contributed by atoms with Crippen LogP contribution in [0.4, 0.5) is 11.5 Å². The molecule has 0 atom stereocenters. The van der Waals surface area contributed by atoms with Gasteiger partial charge in [0.25, 0.3) is 10.0 Å². The molecule has 0 amide bonds. The van der Waals surface area contributed by atoms with E-state index in [0.717, 1.165) is 0 Å². The van der Waals surface area contributed by atoms with Gasteiger partial charge in [0.1, 0.15) is 0 Å². The van der Waals surface area contributed by atoms with Crippen molar-refractivity contribution in [1.29, 1.82) is 0 Å². The molecule has 0 saturated carbocycles. The van der Waals surface area contributed by atoms with Gasteiger partial charge in [-0.25, -0.2) is 4.98 Å². The van der Waals surface area contributed by atoms with Crippen LogP contribution in [0.1, 0.15) is 0 Å². The molecule has 1 aromatic heterocycles. The molecular weight excluding hydrogens is 320 g/mol. The Morgan fingerprint density at radius 3 is 2.61 bits per heavy atom. The minimum absolute atomic E-state index is 0.0305. The molecule has 96 valence electrons. The molecule has 0 unspecified atom stereocenters. The van der Waals surface area contributed by atoms with Crippen LogP contribution >= 0.6 is 15.9 Å². The molecule has 0 aliphatic carbocycles. The second-order valence-electron chi connectivity index (χ2n) is 3.63. The average Bonchev–Trinajstić information content (AvgIpc) is 2.62. The maximum absolute atomic E-state index is 12.2. The molecule has 0 spiro atoms. The van der Waals surface area contributed by atoms with Crippen molar-refractivity contribution in [3.63, 3.8) is 0 Å². The van der Waals surface area contributed by atoms with Crippen LogP contribution in [0.2, 0.25) is 0 Å². The molecule has 18 heavy (non-hydrogen) atoms. The molecule has 0 saturated heterocycles. The fourth-order valence-electron chi connectivity index (χ4n) is 1.50. The summed E-state index contributed by atoms with van der Waals surface area (Å²) in [5.74, 6) is -0.0305. The van der Waals surface area contributed by atoms with Crippen molar-refractivity contribution in [2.45, 2.75) is 5.03 Å². The molecule has 2 rings (SSSR count). The van der Waals surface area contributed by atoms with Crippen LogP contribution in [0.5, 0.6) is 0 Å². The van der Waals surface area contributed by atoms with Gasteiger partial charge in [-0.2, -0.15) is 8.42 Å². The minimum Gasteiger partial charge on any atom is -0.381 e. The van der Waals surface area contributed by atoms with Crippen molar-refractivity contribution >= 4 is 37.5 Å². The number of nitrogens with one attached hydrogen (secondary N) is 1. The van der Waals surface area contributed by atoms with Crippen LogP contribution in [0.3, 0.4) is 0 Å². The van der Waals surface area contributed by atoms with Gasteiger partial charge in [-0.15, -0.1) is 0 Å². The lowest BCUT2D eigenvalue weighted by Gasteiger charge is -2.10. The Labute approximate surface area is 113 Å². The van der Waals surface area contributed by atoms with Gasteiger partial charge in [-0.1, -0.05) is 12.1 Å². The monoisotopic (exact) mass is 330 g/mol. The van der Waals surface area contributed by atoms with E-state index in [-0.39, 0.29) is 10.8 Å². The van der Waals surface area contributed by atoms with Crippen LogP contribution in [-0.4, -0.2) is 18.0 Å². The molecule has 1 aromatic carbocycles. The second-order valence-corrected chi connectivity index (χ2v) is 6.08. The number of rotatable bonds is 3. The van der Waals surface area contributed by atoms with E-state index in [4.69, 9.17) is 5.73 Å². The lowest BCUT2D eigenvalue weighted by molar-refractivity contribution is 0.592. The number of imidazole rings is 1. The number of halogens is 1. The normalized spacial score (nSPS) is 11.4. The summed E-state index contributed by atoms with van der Waals surface area (Å²) < 4.78 is 28.8. The first-order valence-electron chi connectivity index (χ1n) is 4.96. The van der Waals surface area contributed by atoms with Gasteiger partial charge in [-0.05, 0) is 28.1 Å². The highest BCUT2D eigenvalue weighted by atomic mass is 79.9. The van der Waals surface area contributed by atoms with E-state index in [1.807, 2.05) is 0 Å². The third-order valence-electron chi connectivity index (χ3n) is 2.28. The molecule has 8 heteroatoms. The Morgan fingerprint density at radius 1 is 1.39 bits per heavy atom. The van der Waals surface area contributed by atoms with Gasteiger partial charge >= 0.3 is 0 Å². The lowest BCUT2D eigenvalue weighted by atomic mass is 10.3. The number of sulfonamides is 1. The Morgan fingerprint density at radius 2 is 2.06 bits per heavy atom. The minimum atomic E-state index is -3.76. The number of aryl methyl sites for hydroxylation is 1. The topological polar surface area (TPSA) is 90.0 Å². The predicted octanol–water partition coefficient (Wildman–Crippen LogP) is 1.57. The number of para-hydroxylation sites is 1. The maximum atomic E-state index is 12.2. The Balaban J connectivity index is 2.43. The molecule has 2 aromatic rings. The number of aromatic nitrogens is 2. The molecule has 6 nitrogen and oxygen atoms in total. The van der Waals surface area contributed by atoms with Gasteiger partial charge in [0, 0.05) is 11.5 Å². The fraction of sp³-hybridized carbons (Fsp3) is 0.100. The highest BCUT2D eigenvalue weighted by molar-refractivity contribution is 9.10. The summed E-state index contributed by atoms with van der Waals surface area (Å²) in [6.45, 7) is 0. The van der Waals surface area contributed by atoms with Gasteiger partial charge < -0.3 is 10.3 Å². The van der Waals surface area contributed by atoms with Crippen LogP contribution in [-0.2, 0) is 17.1 Å². The Hall–Kier alpha value is -1.54. The summed E-state index contributed by atoms with van der Waals surface area (Å²) in [6.07, 6.45) is 1.35. The summed E-state index contributed by atoms with van der Waals surface area (Å²) in [7, 11) is -2.19. The zero-order chi connectivity index (χ0) is 13.3. The third kappa shape index (κ3) is 2.34. The van der Waals surface area contributed by atoms with E-state index < -0.39 is 10.0 Å². The second kappa shape index (κ2) is 4.62. The quantitative estimate of drug-likeness (QED) is 0.893. The maximum Gasteiger partial charge on any atom is 0.281 e. The zero-order valence-corrected chi connectivity index (χ0v) is 11.9. The summed E-state index contributed by atoms with van der Waals surface area (Å²) in [6, 6.07) is 6.91. The number of anilines is 2. The number of hydrogen-bond donors (Lipinski definition) is 2. The first-order chi connectivity index (χ1) is 8.42. The van der Waals surface area contributed by atoms with Crippen molar-refractivity contribution in [2.75, 3.05) is 10.5 Å². The molecule has 0 bridgehead atoms. The van der Waals surface area contributed by atoms with Crippen molar-refractivity contribution < 1.29 is 8.42 Å². The Bertz CT molecular complexity index is 661. The highest BCUT2D eigenvalue weighted by Gasteiger charge is 2.22. The van der Waals surface area contributed by atoms with Crippen molar-refractivity contribution in [1.82, 2.24) is 9.55 Å². The molecule has 0 aliphatic rings. The first kappa shape index (κ1) is 12.9. The molecule has 0 radical (unpaired) electrons. The van der Waals surface area contributed by atoms with Crippen LogP contribution in [0, 0.1) is 0 Å². The third-order valence-corrected chi connectivity index (χ3v) is 4.47. The highest BCUT2D eigenvalue weighted by Crippen LogP contribution is 2.25. The van der Waals surface area contributed by atoms with Gasteiger partial charge in [-0.3, -0.25) is 4.72 Å². The lowest BCUT2D eigenvalue weighted by Crippen LogP contribution is -2.17. The number of benzene rings is 1. The van der Waals surface area contributed by atoms with Crippen molar-refractivity contribution in [3.05, 3.63) is 35.1 Å². The van der Waals surface area contributed by atoms with E-state index in [9.17, 15) is 8.42 Å². The number of nitrogens with two attached hydrogens (primary N) is 1. The van der Waals surface area contributed by atoms with Crippen LogP contribution in [0.25, 0.3) is 0 Å². The average molecular weight is 331 g/mol. The summed E-state index contributed by atoms with van der Waals surface area (Å²) in [5.41, 5.74) is 6.00. The standard InChI is InChI=1S/C10H11BrN4O2S/c1-15-6-13-9(12)10(15)18(16,17)14-8-5-3-2-4-7(8)11/h2-6,14H,12H2,1H3. The molecule has 1 heterocycles. The molecular formula is C10H11BrN4O2S. The van der Waals surface area contributed by atoms with E-state index >= 15 is 0 Å². The van der Waals surface area contributed by atoms with Gasteiger partial charge in [0.15, 0.2) is 10.8 Å². The van der Waals surface area contributed by atoms with Gasteiger partial charge in [0.05, 0.1) is 12.0 Å². The fourth-order valence-corrected chi connectivity index (χ4v) is 3.34. The van der Waals surface area contributed by atoms with Crippen molar-refractivity contribution in [3.8, 4) is 0 Å². The molecule has 0 fully saturated rings. The van der Waals surface area contributed by atoms with Crippen LogP contribution in [0.15, 0.2) is 40.1 Å². The van der Waals surface area contributed by atoms with Crippen molar-refractivity contribution in [2.24, 2.45) is 7.05 Å². The van der Waals surface area contributed by atoms with E-state index in [0.29, 0.717) is 10.2 Å². The number of hydrogen-bond acceptors (Lipinski definition) is 4. The van der Waals surface area contributed by atoms with Gasteiger partial charge in [0.2, 0.25) is 0 Å². The molecule has 3 N–H and O–H groups in total. The predicted molar refractivity (Wildman–Crippen MR) is 72.6 cm³/mol. The van der Waals surface area contributed by atoms with E-state index in [1.54, 1.807) is 31.3 Å². The zero-order valence-electron chi connectivity index (χ0n) is 9.46. The molecule has 0 aliphatic heterocycles. The Kier molecular flexibility index (Phi) is 3.31. The smallest absolute Gasteiger partial charge is 0.281 e. The van der Waals surface area contributed by atoms with E-state index in [1.165, 1.54) is 10.9 Å². The van der Waals surface area contributed by atoms with Crippen LogP contribution < -0.4 is 10.5 Å². The number of nitrogens with zero attached hydrogens (tertiary/aromatic N) is 2. The SMILES string of the molecule is Cn1cnc(N)c1S(=O)(=O)Nc1ccccc1Br. The first-order valence-corrected chi connectivity index (χ1v) is 7.23.